The fourth-order valence-electron chi connectivity index (χ4n) is 8.49. The number of benzene rings is 6. The zero-order chi connectivity index (χ0) is 30.5. The van der Waals surface area contributed by atoms with Gasteiger partial charge >= 0.3 is 6.85 Å². The summed E-state index contributed by atoms with van der Waals surface area (Å²) in [5.74, 6) is 0. The van der Waals surface area contributed by atoms with Crippen LogP contribution in [0.3, 0.4) is 0 Å². The first-order valence-electron chi connectivity index (χ1n) is 16.1. The second kappa shape index (κ2) is 9.25. The van der Waals surface area contributed by atoms with E-state index < -0.39 is 0 Å². The fourth-order valence-corrected chi connectivity index (χ4v) is 8.49. The molecule has 0 atom stereocenters. The molecule has 9 rings (SSSR count). The lowest BCUT2D eigenvalue weighted by atomic mass is 9.37. The Morgan fingerprint density at radius 2 is 1.02 bits per heavy atom. The van der Waals surface area contributed by atoms with E-state index in [-0.39, 0.29) is 17.6 Å². The molecule has 0 spiro atoms. The summed E-state index contributed by atoms with van der Waals surface area (Å²) in [5.41, 5.74) is 16.9. The predicted octanol–water partition coefficient (Wildman–Crippen LogP) is 10.3. The van der Waals surface area contributed by atoms with E-state index in [0.29, 0.717) is 0 Å². The van der Waals surface area contributed by atoms with Crippen molar-refractivity contribution in [2.75, 3.05) is 9.71 Å². The van der Waals surface area contributed by atoms with E-state index in [1.54, 1.807) is 0 Å². The van der Waals surface area contributed by atoms with Gasteiger partial charge in [0.05, 0.1) is 11.4 Å². The second-order valence-electron chi connectivity index (χ2n) is 13.9. The second-order valence-corrected chi connectivity index (χ2v) is 13.9. The molecule has 2 nitrogen and oxygen atoms in total. The van der Waals surface area contributed by atoms with Crippen molar-refractivity contribution in [3.63, 3.8) is 0 Å². The van der Waals surface area contributed by atoms with Crippen molar-refractivity contribution < 1.29 is 0 Å². The minimum Gasteiger partial charge on any atom is -0.380 e. The quantitative estimate of drug-likeness (QED) is 0.189. The van der Waals surface area contributed by atoms with Gasteiger partial charge in [-0.15, -0.1) is 0 Å². The lowest BCUT2D eigenvalue weighted by molar-refractivity contribution is 0.632. The van der Waals surface area contributed by atoms with Crippen molar-refractivity contribution in [2.45, 2.75) is 38.4 Å². The molecule has 3 aliphatic heterocycles. The van der Waals surface area contributed by atoms with Crippen molar-refractivity contribution in [2.24, 2.45) is 0 Å². The van der Waals surface area contributed by atoms with Crippen LogP contribution in [0.15, 0.2) is 140 Å². The topological polar surface area (TPSA) is 6.48 Å². The van der Waals surface area contributed by atoms with Crippen LogP contribution in [0.25, 0.3) is 22.3 Å². The summed E-state index contributed by atoms with van der Waals surface area (Å²) >= 11 is 0. The average molecular weight is 579 g/mol. The normalized spacial score (nSPS) is 16.2. The molecule has 0 fully saturated rings. The van der Waals surface area contributed by atoms with E-state index in [1.165, 1.54) is 72.8 Å². The Morgan fingerprint density at radius 1 is 0.467 bits per heavy atom. The third-order valence-electron chi connectivity index (χ3n) is 10.7. The number of para-hydroxylation sites is 3. The molecule has 0 N–H and O–H groups in total. The largest absolute Gasteiger partial charge is 0.380 e. The summed E-state index contributed by atoms with van der Waals surface area (Å²) in [7, 11) is 0. The smallest absolute Gasteiger partial charge is 0.304 e. The lowest BCUT2D eigenvalue weighted by Crippen LogP contribution is -2.55. The molecule has 3 aliphatic rings. The number of hydrogen-bond acceptors (Lipinski definition) is 2. The highest BCUT2D eigenvalue weighted by molar-refractivity contribution is 6.84. The molecule has 216 valence electrons. The minimum absolute atomic E-state index is 0.0604. The van der Waals surface area contributed by atoms with Gasteiger partial charge in [0.1, 0.15) is 0 Å². The SMILES string of the molecule is CC1(C)B2c3ccccc3-c3ccccc3N2c2ccc(-c3ccc(N4c5ccccc5C(C)(C)c5ccccc54)cc3)cc21. The van der Waals surface area contributed by atoms with Crippen molar-refractivity contribution in [3.8, 4) is 22.3 Å². The Kier molecular flexibility index (Phi) is 5.42. The van der Waals surface area contributed by atoms with Crippen molar-refractivity contribution in [3.05, 3.63) is 156 Å². The zero-order valence-corrected chi connectivity index (χ0v) is 26.3. The molecule has 6 aromatic carbocycles. The van der Waals surface area contributed by atoms with Crippen LogP contribution in [0.2, 0.25) is 0 Å². The van der Waals surface area contributed by atoms with Crippen LogP contribution in [-0.2, 0) is 10.7 Å². The van der Waals surface area contributed by atoms with Crippen LogP contribution in [-0.4, -0.2) is 6.85 Å². The number of rotatable bonds is 2. The fraction of sp³-hybridized carbons (Fsp3) is 0.143. The Bertz CT molecular complexity index is 2090. The maximum atomic E-state index is 2.59. The maximum Gasteiger partial charge on any atom is 0.304 e. The first-order valence-corrected chi connectivity index (χ1v) is 16.1. The molecule has 0 aromatic heterocycles. The molecule has 0 aliphatic carbocycles. The highest BCUT2D eigenvalue weighted by Crippen LogP contribution is 2.54. The van der Waals surface area contributed by atoms with Gasteiger partial charge in [0.15, 0.2) is 0 Å². The molecule has 3 heteroatoms. The average Bonchev–Trinajstić information content (AvgIpc) is 3.32. The number of hydrogen-bond donors (Lipinski definition) is 0. The highest BCUT2D eigenvalue weighted by atomic mass is 15.2. The van der Waals surface area contributed by atoms with Crippen molar-refractivity contribution >= 4 is 40.7 Å². The van der Waals surface area contributed by atoms with Gasteiger partial charge in [0, 0.05) is 28.0 Å². The number of anilines is 5. The molecular weight excluding hydrogens is 543 g/mol. The van der Waals surface area contributed by atoms with E-state index in [1.807, 2.05) is 0 Å². The van der Waals surface area contributed by atoms with Gasteiger partial charge in [0.25, 0.3) is 0 Å². The summed E-state index contributed by atoms with van der Waals surface area (Å²) in [6, 6.07) is 51.8. The summed E-state index contributed by atoms with van der Waals surface area (Å²) in [6.45, 7) is 9.76. The van der Waals surface area contributed by atoms with E-state index in [2.05, 4.69) is 177 Å². The zero-order valence-electron chi connectivity index (χ0n) is 26.3. The highest BCUT2D eigenvalue weighted by Gasteiger charge is 2.52. The Labute approximate surface area is 266 Å². The van der Waals surface area contributed by atoms with E-state index in [4.69, 9.17) is 0 Å². The van der Waals surface area contributed by atoms with Crippen LogP contribution in [0, 0.1) is 0 Å². The minimum atomic E-state index is -0.0665. The predicted molar refractivity (Wildman–Crippen MR) is 191 cm³/mol. The van der Waals surface area contributed by atoms with Crippen LogP contribution < -0.4 is 15.2 Å². The van der Waals surface area contributed by atoms with Gasteiger partial charge in [0.2, 0.25) is 0 Å². The lowest BCUT2D eigenvalue weighted by Gasteiger charge is -2.42. The van der Waals surface area contributed by atoms with E-state index in [0.717, 1.165) is 0 Å². The molecule has 3 heterocycles. The summed E-state index contributed by atoms with van der Waals surface area (Å²) in [6.07, 6.45) is 0. The molecular formula is C42H35BN2. The summed E-state index contributed by atoms with van der Waals surface area (Å²) in [5, 5.41) is -0.0665. The third-order valence-corrected chi connectivity index (χ3v) is 10.7. The molecule has 0 bridgehead atoms. The van der Waals surface area contributed by atoms with Gasteiger partial charge in [-0.25, -0.2) is 0 Å². The number of fused-ring (bicyclic) bond motifs is 10. The van der Waals surface area contributed by atoms with Crippen molar-refractivity contribution in [1.82, 2.24) is 0 Å². The van der Waals surface area contributed by atoms with Gasteiger partial charge in [-0.1, -0.05) is 125 Å². The standard InChI is InChI=1S/C42H35BN2/c1-41(2)33-15-7-11-19-38(33)44(39-20-12-8-16-34(39)41)30-24-21-28(22-25-30)29-23-26-40-35(27-29)42(3,4)43-36-17-9-5-13-31(36)32-14-6-10-18-37(32)45(40)43/h5-27H,1-4H3. The first-order chi connectivity index (χ1) is 21.9. The monoisotopic (exact) mass is 578 g/mol. The first kappa shape index (κ1) is 26.4. The van der Waals surface area contributed by atoms with E-state index in [9.17, 15) is 0 Å². The third kappa shape index (κ3) is 3.58. The maximum absolute atomic E-state index is 2.59. The van der Waals surface area contributed by atoms with Gasteiger partial charge in [-0.05, 0) is 86.6 Å². The van der Waals surface area contributed by atoms with Crippen LogP contribution >= 0.6 is 0 Å². The molecule has 45 heavy (non-hydrogen) atoms. The van der Waals surface area contributed by atoms with Gasteiger partial charge in [-0.3, -0.25) is 0 Å². The Balaban J connectivity index is 1.13. The van der Waals surface area contributed by atoms with Crippen LogP contribution in [0.4, 0.5) is 28.4 Å². The number of nitrogens with zero attached hydrogens (tertiary/aromatic N) is 2. The Hall–Kier alpha value is -5.02. The molecule has 6 aromatic rings. The summed E-state index contributed by atoms with van der Waals surface area (Å²) < 4.78 is 0. The molecule has 0 amide bonds. The molecule has 0 radical (unpaired) electrons. The molecule has 0 saturated carbocycles. The molecule has 0 unspecified atom stereocenters. The van der Waals surface area contributed by atoms with E-state index >= 15 is 0 Å². The van der Waals surface area contributed by atoms with Gasteiger partial charge < -0.3 is 9.71 Å². The van der Waals surface area contributed by atoms with Gasteiger partial charge in [-0.2, -0.15) is 0 Å². The summed E-state index contributed by atoms with van der Waals surface area (Å²) in [4.78, 5) is 5.02. The van der Waals surface area contributed by atoms with Crippen LogP contribution in [0.1, 0.15) is 44.4 Å². The molecule has 0 saturated heterocycles. The van der Waals surface area contributed by atoms with Crippen molar-refractivity contribution in [1.29, 1.82) is 0 Å². The Morgan fingerprint density at radius 3 is 1.71 bits per heavy atom. The van der Waals surface area contributed by atoms with Crippen LogP contribution in [0.5, 0.6) is 0 Å².